The lowest BCUT2D eigenvalue weighted by Crippen LogP contribution is -2.15. The maximum atomic E-state index is 4.95. The van der Waals surface area contributed by atoms with Gasteiger partial charge in [-0.1, -0.05) is 60.7 Å². The van der Waals surface area contributed by atoms with Gasteiger partial charge in [0.1, 0.15) is 5.69 Å². The molecule has 0 bridgehead atoms. The molecule has 1 atom stereocenters. The van der Waals surface area contributed by atoms with E-state index >= 15 is 0 Å². The minimum atomic E-state index is -0.0138. The second-order valence-electron chi connectivity index (χ2n) is 6.74. The van der Waals surface area contributed by atoms with Crippen molar-refractivity contribution in [2.75, 3.05) is 5.32 Å². The SMILES string of the molecule is c1ccc(C2=Nc3ccccc3NC(c3cnn(-c4ccccc4)n3)C2)cc1. The molecule has 5 nitrogen and oxygen atoms in total. The molecule has 0 saturated heterocycles. The molecule has 1 N–H and O–H groups in total. The van der Waals surface area contributed by atoms with E-state index in [1.807, 2.05) is 72.9 Å². The van der Waals surface area contributed by atoms with Crippen LogP contribution in [0, 0.1) is 0 Å². The van der Waals surface area contributed by atoms with Crippen molar-refractivity contribution >= 4 is 17.1 Å². The summed E-state index contributed by atoms with van der Waals surface area (Å²) in [5.74, 6) is 0. The Balaban J connectivity index is 1.54. The van der Waals surface area contributed by atoms with Gasteiger partial charge < -0.3 is 5.32 Å². The van der Waals surface area contributed by atoms with Crippen LogP contribution >= 0.6 is 0 Å². The summed E-state index contributed by atoms with van der Waals surface area (Å²) in [6.45, 7) is 0. The van der Waals surface area contributed by atoms with Crippen LogP contribution in [0.25, 0.3) is 5.69 Å². The summed E-state index contributed by atoms with van der Waals surface area (Å²) in [6, 6.07) is 28.4. The Morgan fingerprint density at radius 2 is 1.54 bits per heavy atom. The number of nitrogens with one attached hydrogen (secondary N) is 1. The van der Waals surface area contributed by atoms with E-state index in [1.165, 1.54) is 0 Å². The number of aromatic nitrogens is 3. The van der Waals surface area contributed by atoms with Crippen LogP contribution in [0.3, 0.4) is 0 Å². The number of hydrogen-bond donors (Lipinski definition) is 1. The molecule has 4 aromatic rings. The van der Waals surface area contributed by atoms with E-state index in [0.717, 1.165) is 40.5 Å². The van der Waals surface area contributed by atoms with E-state index in [-0.39, 0.29) is 6.04 Å². The third kappa shape index (κ3) is 3.18. The van der Waals surface area contributed by atoms with E-state index in [4.69, 9.17) is 10.1 Å². The van der Waals surface area contributed by atoms with Crippen LogP contribution in [-0.4, -0.2) is 20.7 Å². The zero-order valence-electron chi connectivity index (χ0n) is 15.2. The molecule has 5 rings (SSSR count). The second-order valence-corrected chi connectivity index (χ2v) is 6.74. The fourth-order valence-corrected chi connectivity index (χ4v) is 3.43. The number of para-hydroxylation sites is 3. The average molecular weight is 365 g/mol. The topological polar surface area (TPSA) is 55.1 Å². The molecule has 28 heavy (non-hydrogen) atoms. The molecule has 2 heterocycles. The van der Waals surface area contributed by atoms with Crippen molar-refractivity contribution < 1.29 is 0 Å². The van der Waals surface area contributed by atoms with Crippen molar-refractivity contribution in [1.29, 1.82) is 0 Å². The molecule has 5 heteroatoms. The third-order valence-corrected chi connectivity index (χ3v) is 4.85. The molecule has 0 amide bonds. The van der Waals surface area contributed by atoms with Gasteiger partial charge in [0.2, 0.25) is 0 Å². The number of aliphatic imine (C=N–C) groups is 1. The Bertz CT molecular complexity index is 1120. The fraction of sp³-hybridized carbons (Fsp3) is 0.0870. The Morgan fingerprint density at radius 1 is 0.821 bits per heavy atom. The molecule has 1 unspecified atom stereocenters. The molecule has 0 radical (unpaired) electrons. The highest BCUT2D eigenvalue weighted by Gasteiger charge is 2.23. The van der Waals surface area contributed by atoms with Crippen LogP contribution in [0.2, 0.25) is 0 Å². The van der Waals surface area contributed by atoms with E-state index in [0.29, 0.717) is 0 Å². The van der Waals surface area contributed by atoms with Crippen molar-refractivity contribution in [3.8, 4) is 5.69 Å². The number of hydrogen-bond acceptors (Lipinski definition) is 4. The number of anilines is 1. The lowest BCUT2D eigenvalue weighted by Gasteiger charge is -2.16. The van der Waals surface area contributed by atoms with Crippen molar-refractivity contribution in [2.24, 2.45) is 4.99 Å². The average Bonchev–Trinajstić information content (AvgIpc) is 3.17. The molecule has 0 saturated carbocycles. The number of fused-ring (bicyclic) bond motifs is 1. The van der Waals surface area contributed by atoms with Gasteiger partial charge in [-0.05, 0) is 29.8 Å². The van der Waals surface area contributed by atoms with Gasteiger partial charge in [-0.3, -0.25) is 4.99 Å². The van der Waals surface area contributed by atoms with Crippen LogP contribution in [0.5, 0.6) is 0 Å². The first kappa shape index (κ1) is 16.4. The van der Waals surface area contributed by atoms with Gasteiger partial charge >= 0.3 is 0 Å². The van der Waals surface area contributed by atoms with Gasteiger partial charge in [-0.25, -0.2) is 0 Å². The summed E-state index contributed by atoms with van der Waals surface area (Å²) < 4.78 is 0. The third-order valence-electron chi connectivity index (χ3n) is 4.85. The zero-order valence-corrected chi connectivity index (χ0v) is 15.2. The number of rotatable bonds is 3. The van der Waals surface area contributed by atoms with Crippen molar-refractivity contribution in [1.82, 2.24) is 15.0 Å². The van der Waals surface area contributed by atoms with Crippen LogP contribution in [0.15, 0.2) is 96.1 Å². The Hall–Kier alpha value is -3.73. The molecule has 1 aromatic heterocycles. The monoisotopic (exact) mass is 365 g/mol. The zero-order chi connectivity index (χ0) is 18.8. The van der Waals surface area contributed by atoms with Gasteiger partial charge in [0, 0.05) is 6.42 Å². The van der Waals surface area contributed by atoms with Gasteiger partial charge in [0.05, 0.1) is 35.0 Å². The predicted octanol–water partition coefficient (Wildman–Crippen LogP) is 4.95. The first-order chi connectivity index (χ1) is 13.9. The van der Waals surface area contributed by atoms with Crippen molar-refractivity contribution in [3.63, 3.8) is 0 Å². The molecule has 1 aliphatic heterocycles. The summed E-state index contributed by atoms with van der Waals surface area (Å²) in [5.41, 5.74) is 5.95. The van der Waals surface area contributed by atoms with Gasteiger partial charge in [0.15, 0.2) is 0 Å². The maximum Gasteiger partial charge on any atom is 0.106 e. The highest BCUT2D eigenvalue weighted by Crippen LogP contribution is 2.34. The largest absolute Gasteiger partial charge is 0.374 e. The maximum absolute atomic E-state index is 4.95. The summed E-state index contributed by atoms with van der Waals surface area (Å²) >= 11 is 0. The lowest BCUT2D eigenvalue weighted by molar-refractivity contribution is 0.711. The van der Waals surface area contributed by atoms with Crippen LogP contribution in [0.4, 0.5) is 11.4 Å². The summed E-state index contributed by atoms with van der Waals surface area (Å²) in [5, 5.41) is 12.8. The summed E-state index contributed by atoms with van der Waals surface area (Å²) in [7, 11) is 0. The Kier molecular flexibility index (Phi) is 4.18. The predicted molar refractivity (Wildman–Crippen MR) is 111 cm³/mol. The van der Waals surface area contributed by atoms with E-state index in [9.17, 15) is 0 Å². The molecule has 0 aliphatic carbocycles. The minimum Gasteiger partial charge on any atom is -0.374 e. The normalized spacial score (nSPS) is 15.9. The van der Waals surface area contributed by atoms with Crippen LogP contribution < -0.4 is 5.32 Å². The van der Waals surface area contributed by atoms with Gasteiger partial charge in [-0.15, -0.1) is 0 Å². The highest BCUT2D eigenvalue weighted by molar-refractivity contribution is 6.04. The fourth-order valence-electron chi connectivity index (χ4n) is 3.43. The van der Waals surface area contributed by atoms with E-state index in [2.05, 4.69) is 28.6 Å². The lowest BCUT2D eigenvalue weighted by atomic mass is 10.0. The standard InChI is InChI=1S/C23H19N5/c1-3-9-17(10-4-1)21-15-22(26-20-14-8-7-13-19(20)25-21)23-16-24-28(27-23)18-11-5-2-6-12-18/h1-14,16,22,26H,15H2. The number of benzene rings is 3. The smallest absolute Gasteiger partial charge is 0.106 e. The first-order valence-electron chi connectivity index (χ1n) is 9.33. The minimum absolute atomic E-state index is 0.0138. The van der Waals surface area contributed by atoms with Gasteiger partial charge in [0.25, 0.3) is 0 Å². The van der Waals surface area contributed by atoms with Gasteiger partial charge in [-0.2, -0.15) is 15.0 Å². The second kappa shape index (κ2) is 7.12. The van der Waals surface area contributed by atoms with Crippen molar-refractivity contribution in [3.05, 3.63) is 102 Å². The van der Waals surface area contributed by atoms with Crippen LogP contribution in [0.1, 0.15) is 23.7 Å². The molecular formula is C23H19N5. The quantitative estimate of drug-likeness (QED) is 0.559. The molecule has 1 aliphatic rings. The molecule has 136 valence electrons. The molecule has 0 fully saturated rings. The summed E-state index contributed by atoms with van der Waals surface area (Å²) in [6.07, 6.45) is 2.56. The van der Waals surface area contributed by atoms with Crippen molar-refractivity contribution in [2.45, 2.75) is 12.5 Å². The number of nitrogens with zero attached hydrogens (tertiary/aromatic N) is 4. The van der Waals surface area contributed by atoms with Crippen LogP contribution in [-0.2, 0) is 0 Å². The van der Waals surface area contributed by atoms with E-state index < -0.39 is 0 Å². The Labute approximate surface area is 163 Å². The summed E-state index contributed by atoms with van der Waals surface area (Å²) in [4.78, 5) is 6.62. The Morgan fingerprint density at radius 3 is 2.36 bits per heavy atom. The first-order valence-corrected chi connectivity index (χ1v) is 9.33. The molecular weight excluding hydrogens is 346 g/mol. The molecule has 3 aromatic carbocycles. The highest BCUT2D eigenvalue weighted by atomic mass is 15.5. The molecule has 0 spiro atoms. The van der Waals surface area contributed by atoms with E-state index in [1.54, 1.807) is 4.80 Å².